The molecule has 0 saturated carbocycles. The minimum absolute atomic E-state index is 0.433. The highest BCUT2D eigenvalue weighted by molar-refractivity contribution is 9.10. The summed E-state index contributed by atoms with van der Waals surface area (Å²) in [5.74, 6) is 0.613. The normalized spacial score (nSPS) is 13.1. The number of ether oxygens (including phenoxy) is 1. The van der Waals surface area contributed by atoms with Crippen LogP contribution in [0.3, 0.4) is 0 Å². The fourth-order valence-corrected chi connectivity index (χ4v) is 2.68. The third-order valence-corrected chi connectivity index (χ3v) is 4.61. The van der Waals surface area contributed by atoms with E-state index in [2.05, 4.69) is 40.6 Å². The second-order valence-corrected chi connectivity index (χ2v) is 12.7. The number of nitrogens with zero attached hydrogens (tertiary/aromatic N) is 2. The smallest absolute Gasteiger partial charge is 0.143 e. The van der Waals surface area contributed by atoms with Crippen molar-refractivity contribution in [2.24, 2.45) is 0 Å². The van der Waals surface area contributed by atoms with Gasteiger partial charge in [0.25, 0.3) is 0 Å². The van der Waals surface area contributed by atoms with Crippen LogP contribution in [0.25, 0.3) is 0 Å². The molecule has 0 fully saturated rings. The zero-order chi connectivity index (χ0) is 14.0. The molecular formula is C12H23BrN2O2Si. The molecule has 0 saturated heterocycles. The van der Waals surface area contributed by atoms with Gasteiger partial charge in [-0.3, -0.25) is 0 Å². The van der Waals surface area contributed by atoms with Gasteiger partial charge in [-0.25, -0.2) is 4.98 Å². The summed E-state index contributed by atoms with van der Waals surface area (Å²) in [5, 5.41) is 10.0. The van der Waals surface area contributed by atoms with Crippen LogP contribution in [-0.4, -0.2) is 29.3 Å². The van der Waals surface area contributed by atoms with E-state index < -0.39 is 13.7 Å². The van der Waals surface area contributed by atoms with E-state index in [0.717, 1.165) is 12.7 Å². The summed E-state index contributed by atoms with van der Waals surface area (Å²) in [7, 11) is -1.05. The Kier molecular flexibility index (Phi) is 5.17. The van der Waals surface area contributed by atoms with Crippen LogP contribution in [0.15, 0.2) is 10.8 Å². The summed E-state index contributed by atoms with van der Waals surface area (Å²) < 4.78 is 8.23. The molecule has 1 heterocycles. The number of aliphatic hydroxyl groups is 1. The van der Waals surface area contributed by atoms with Crippen molar-refractivity contribution in [1.82, 2.24) is 9.55 Å². The maximum atomic E-state index is 10.0. The number of aromatic nitrogens is 2. The molecule has 104 valence electrons. The monoisotopic (exact) mass is 334 g/mol. The second-order valence-electron chi connectivity index (χ2n) is 6.26. The van der Waals surface area contributed by atoms with Gasteiger partial charge in [-0.2, -0.15) is 0 Å². The van der Waals surface area contributed by atoms with Gasteiger partial charge < -0.3 is 14.4 Å². The van der Waals surface area contributed by atoms with E-state index in [1.54, 1.807) is 13.8 Å². The maximum absolute atomic E-state index is 10.0. The molecule has 1 aromatic rings. The van der Waals surface area contributed by atoms with Gasteiger partial charge in [0.2, 0.25) is 0 Å². The van der Waals surface area contributed by atoms with Gasteiger partial charge in [0.1, 0.15) is 22.8 Å². The molecule has 0 amide bonds. The molecule has 1 aromatic heterocycles. The molecule has 1 rings (SSSR count). The summed E-state index contributed by atoms with van der Waals surface area (Å²) in [6.45, 7) is 11.6. The Morgan fingerprint density at radius 2 is 2.06 bits per heavy atom. The highest BCUT2D eigenvalue weighted by Crippen LogP contribution is 2.21. The predicted molar refractivity (Wildman–Crippen MR) is 79.3 cm³/mol. The van der Waals surface area contributed by atoms with Crippen molar-refractivity contribution >= 4 is 24.0 Å². The minimum atomic E-state index is -1.05. The first-order chi connectivity index (χ1) is 8.09. The van der Waals surface area contributed by atoms with Gasteiger partial charge in [0, 0.05) is 20.9 Å². The van der Waals surface area contributed by atoms with Gasteiger partial charge in [-0.15, -0.1) is 0 Å². The molecule has 0 aliphatic carbocycles. The fraction of sp³-hybridized carbons (Fsp3) is 0.750. The predicted octanol–water partition coefficient (Wildman–Crippen LogP) is 3.19. The Morgan fingerprint density at radius 3 is 2.56 bits per heavy atom. The Balaban J connectivity index is 2.58. The summed E-state index contributed by atoms with van der Waals surface area (Å²) in [6, 6.07) is 1.14. The standard InChI is InChI=1S/C12H23BrN2O2Si/c1-12(2,16)11-14-10(13)8-15(11)9-17-6-7-18(3,4)5/h8,16H,6-7,9H2,1-5H3. The zero-order valence-corrected chi connectivity index (χ0v) is 14.4. The summed E-state index contributed by atoms with van der Waals surface area (Å²) in [6.07, 6.45) is 1.84. The Hall–Kier alpha value is -0.173. The molecule has 1 N–H and O–H groups in total. The Morgan fingerprint density at radius 1 is 1.44 bits per heavy atom. The summed E-state index contributed by atoms with van der Waals surface area (Å²) >= 11 is 3.32. The first kappa shape index (κ1) is 15.9. The van der Waals surface area contributed by atoms with Gasteiger partial charge in [0.15, 0.2) is 0 Å². The number of hydrogen-bond acceptors (Lipinski definition) is 3. The number of halogens is 1. The molecule has 0 atom stereocenters. The highest BCUT2D eigenvalue weighted by atomic mass is 79.9. The van der Waals surface area contributed by atoms with Crippen LogP contribution in [0.5, 0.6) is 0 Å². The van der Waals surface area contributed by atoms with Crippen molar-refractivity contribution in [2.45, 2.75) is 51.9 Å². The van der Waals surface area contributed by atoms with Crippen molar-refractivity contribution in [2.75, 3.05) is 6.61 Å². The molecule has 0 radical (unpaired) electrons. The second kappa shape index (κ2) is 5.86. The summed E-state index contributed by atoms with van der Waals surface area (Å²) in [5.41, 5.74) is -0.964. The Bertz CT molecular complexity index is 394. The molecule has 0 unspecified atom stereocenters. The molecule has 0 aliphatic rings. The van der Waals surface area contributed by atoms with E-state index in [0.29, 0.717) is 17.2 Å². The Labute approximate surface area is 119 Å². The van der Waals surface area contributed by atoms with Gasteiger partial charge >= 0.3 is 0 Å². The van der Waals surface area contributed by atoms with E-state index in [-0.39, 0.29) is 0 Å². The zero-order valence-electron chi connectivity index (χ0n) is 11.8. The van der Waals surface area contributed by atoms with Crippen LogP contribution in [0.4, 0.5) is 0 Å². The van der Waals surface area contributed by atoms with E-state index in [4.69, 9.17) is 4.74 Å². The maximum Gasteiger partial charge on any atom is 0.143 e. The van der Waals surface area contributed by atoms with E-state index in [1.165, 1.54) is 0 Å². The van der Waals surface area contributed by atoms with Gasteiger partial charge in [-0.05, 0) is 35.8 Å². The number of rotatable bonds is 6. The molecule has 18 heavy (non-hydrogen) atoms. The van der Waals surface area contributed by atoms with Crippen LogP contribution >= 0.6 is 15.9 Å². The van der Waals surface area contributed by atoms with Crippen molar-refractivity contribution in [3.8, 4) is 0 Å². The molecule has 0 aliphatic heterocycles. The topological polar surface area (TPSA) is 47.3 Å². The van der Waals surface area contributed by atoms with Crippen molar-refractivity contribution in [3.05, 3.63) is 16.6 Å². The molecular weight excluding hydrogens is 312 g/mol. The third kappa shape index (κ3) is 5.22. The SMILES string of the molecule is CC(C)(O)c1nc(Br)cn1COCC[Si](C)(C)C. The van der Waals surface area contributed by atoms with Crippen LogP contribution in [0.2, 0.25) is 25.7 Å². The molecule has 0 bridgehead atoms. The van der Waals surface area contributed by atoms with Crippen LogP contribution in [0, 0.1) is 0 Å². The first-order valence-electron chi connectivity index (χ1n) is 6.13. The van der Waals surface area contributed by atoms with E-state index in [9.17, 15) is 5.11 Å². The van der Waals surface area contributed by atoms with Crippen LogP contribution in [0.1, 0.15) is 19.7 Å². The van der Waals surface area contributed by atoms with Crippen LogP contribution < -0.4 is 0 Å². The fourth-order valence-electron chi connectivity index (χ4n) is 1.51. The van der Waals surface area contributed by atoms with Gasteiger partial charge in [0.05, 0.1) is 0 Å². The number of imidazole rings is 1. The molecule has 4 nitrogen and oxygen atoms in total. The van der Waals surface area contributed by atoms with E-state index in [1.807, 2.05) is 10.8 Å². The lowest BCUT2D eigenvalue weighted by atomic mass is 10.1. The minimum Gasteiger partial charge on any atom is -0.383 e. The van der Waals surface area contributed by atoms with E-state index >= 15 is 0 Å². The van der Waals surface area contributed by atoms with Crippen molar-refractivity contribution in [1.29, 1.82) is 0 Å². The lowest BCUT2D eigenvalue weighted by Crippen LogP contribution is -2.24. The molecule has 0 aromatic carbocycles. The van der Waals surface area contributed by atoms with Crippen molar-refractivity contribution in [3.63, 3.8) is 0 Å². The third-order valence-electron chi connectivity index (χ3n) is 2.52. The van der Waals surface area contributed by atoms with Gasteiger partial charge in [-0.1, -0.05) is 19.6 Å². The van der Waals surface area contributed by atoms with Crippen LogP contribution in [-0.2, 0) is 17.1 Å². The largest absolute Gasteiger partial charge is 0.383 e. The van der Waals surface area contributed by atoms with Crippen molar-refractivity contribution < 1.29 is 9.84 Å². The average Bonchev–Trinajstić information content (AvgIpc) is 2.52. The highest BCUT2D eigenvalue weighted by Gasteiger charge is 2.23. The average molecular weight is 335 g/mol. The lowest BCUT2D eigenvalue weighted by Gasteiger charge is -2.19. The summed E-state index contributed by atoms with van der Waals surface area (Å²) in [4.78, 5) is 4.27. The quantitative estimate of drug-likeness (QED) is 0.642. The first-order valence-corrected chi connectivity index (χ1v) is 10.6. The molecule has 6 heteroatoms. The lowest BCUT2D eigenvalue weighted by molar-refractivity contribution is 0.0412. The molecule has 0 spiro atoms. The number of hydrogen-bond donors (Lipinski definition) is 1.